The van der Waals surface area contributed by atoms with Gasteiger partial charge in [0, 0.05) is 4.88 Å². The Bertz CT molecular complexity index is 1050. The molecule has 0 amide bonds. The van der Waals surface area contributed by atoms with Gasteiger partial charge in [0.1, 0.15) is 17.0 Å². The van der Waals surface area contributed by atoms with Gasteiger partial charge in [-0.2, -0.15) is 0 Å². The number of anilines is 1. The van der Waals surface area contributed by atoms with Crippen LogP contribution in [0.25, 0.3) is 21.5 Å². The molecule has 0 aliphatic carbocycles. The Morgan fingerprint density at radius 1 is 1.15 bits per heavy atom. The summed E-state index contributed by atoms with van der Waals surface area (Å²) in [5, 5.41) is 4.46. The average Bonchev–Trinajstić information content (AvgIpc) is 3.24. The van der Waals surface area contributed by atoms with E-state index in [2.05, 4.69) is 65.5 Å². The molecule has 0 unspecified atom stereocenters. The van der Waals surface area contributed by atoms with Crippen LogP contribution in [0, 0.1) is 6.92 Å². The molecule has 5 nitrogen and oxygen atoms in total. The van der Waals surface area contributed by atoms with E-state index in [1.807, 2.05) is 7.05 Å². The molecule has 4 rings (SSSR count). The zero-order chi connectivity index (χ0) is 18.1. The molecule has 3 heterocycles. The summed E-state index contributed by atoms with van der Waals surface area (Å²) < 4.78 is 7.68. The van der Waals surface area contributed by atoms with Crippen LogP contribution in [0.3, 0.4) is 0 Å². The monoisotopic (exact) mass is 365 g/mol. The SMILES string of the molecule is CCc1cc2c(NCc3cc(-c4ccc(C)cc4)[n+](C)o3)ncnc2s1. The zero-order valence-corrected chi connectivity index (χ0v) is 15.9. The summed E-state index contributed by atoms with van der Waals surface area (Å²) in [5.74, 6) is 1.71. The van der Waals surface area contributed by atoms with E-state index in [1.54, 1.807) is 22.4 Å². The van der Waals surface area contributed by atoms with Gasteiger partial charge in [0.15, 0.2) is 7.05 Å². The highest BCUT2D eigenvalue weighted by atomic mass is 32.1. The topological polar surface area (TPSA) is 54.8 Å². The molecule has 0 atom stereocenters. The van der Waals surface area contributed by atoms with Gasteiger partial charge in [0.2, 0.25) is 5.76 Å². The first-order valence-corrected chi connectivity index (χ1v) is 9.49. The molecule has 0 aliphatic heterocycles. The van der Waals surface area contributed by atoms with Gasteiger partial charge < -0.3 is 5.32 Å². The Labute approximate surface area is 156 Å². The molecular formula is C20H21N4OS+. The zero-order valence-electron chi connectivity index (χ0n) is 15.1. The molecule has 0 saturated carbocycles. The van der Waals surface area contributed by atoms with Crippen LogP contribution in [-0.2, 0) is 20.0 Å². The fraction of sp³-hybridized carbons (Fsp3) is 0.250. The van der Waals surface area contributed by atoms with Crippen molar-refractivity contribution in [3.8, 4) is 11.3 Å². The van der Waals surface area contributed by atoms with Crippen molar-refractivity contribution in [2.45, 2.75) is 26.8 Å². The molecule has 4 aromatic rings. The van der Waals surface area contributed by atoms with Crippen LogP contribution in [0.5, 0.6) is 0 Å². The average molecular weight is 365 g/mol. The van der Waals surface area contributed by atoms with Crippen LogP contribution in [0.15, 0.2) is 47.2 Å². The lowest BCUT2D eigenvalue weighted by atomic mass is 10.1. The van der Waals surface area contributed by atoms with Crippen molar-refractivity contribution >= 4 is 27.4 Å². The normalized spacial score (nSPS) is 11.2. The predicted molar refractivity (Wildman–Crippen MR) is 104 cm³/mol. The van der Waals surface area contributed by atoms with Crippen LogP contribution in [0.2, 0.25) is 0 Å². The van der Waals surface area contributed by atoms with Gasteiger partial charge in [-0.05, 0) is 36.3 Å². The molecule has 1 aromatic carbocycles. The molecule has 0 spiro atoms. The molecule has 0 fully saturated rings. The highest BCUT2D eigenvalue weighted by molar-refractivity contribution is 7.18. The quantitative estimate of drug-likeness (QED) is 0.537. The minimum absolute atomic E-state index is 0.573. The number of fused-ring (bicyclic) bond motifs is 1. The summed E-state index contributed by atoms with van der Waals surface area (Å²) in [7, 11) is 1.92. The minimum Gasteiger partial charge on any atom is -0.362 e. The van der Waals surface area contributed by atoms with Gasteiger partial charge >= 0.3 is 0 Å². The molecule has 0 bridgehead atoms. The number of nitrogens with one attached hydrogen (secondary N) is 1. The van der Waals surface area contributed by atoms with Crippen LogP contribution in [0.4, 0.5) is 5.82 Å². The maximum Gasteiger partial charge on any atom is 0.261 e. The summed E-state index contributed by atoms with van der Waals surface area (Å²) in [6.07, 6.45) is 2.62. The maximum absolute atomic E-state index is 5.87. The van der Waals surface area contributed by atoms with Crippen molar-refractivity contribution in [2.24, 2.45) is 7.05 Å². The molecule has 0 saturated heterocycles. The van der Waals surface area contributed by atoms with E-state index in [1.165, 1.54) is 10.4 Å². The number of nitrogens with zero attached hydrogens (tertiary/aromatic N) is 3. The molecule has 132 valence electrons. The highest BCUT2D eigenvalue weighted by Crippen LogP contribution is 2.28. The molecular weight excluding hydrogens is 344 g/mol. The largest absolute Gasteiger partial charge is 0.362 e. The molecule has 0 radical (unpaired) electrons. The summed E-state index contributed by atoms with van der Waals surface area (Å²) in [6, 6.07) is 12.7. The number of hydrogen-bond donors (Lipinski definition) is 1. The number of benzene rings is 1. The van der Waals surface area contributed by atoms with Crippen molar-refractivity contribution in [3.63, 3.8) is 0 Å². The van der Waals surface area contributed by atoms with E-state index in [9.17, 15) is 0 Å². The van der Waals surface area contributed by atoms with Gasteiger partial charge in [-0.25, -0.2) is 14.5 Å². The van der Waals surface area contributed by atoms with Crippen LogP contribution in [0.1, 0.15) is 23.1 Å². The summed E-state index contributed by atoms with van der Waals surface area (Å²) >= 11 is 1.72. The Kier molecular flexibility index (Phi) is 4.42. The van der Waals surface area contributed by atoms with Crippen molar-refractivity contribution in [1.82, 2.24) is 9.97 Å². The first kappa shape index (κ1) is 16.7. The second-order valence-corrected chi connectivity index (χ2v) is 7.43. The lowest BCUT2D eigenvalue weighted by Crippen LogP contribution is -2.27. The van der Waals surface area contributed by atoms with Crippen molar-refractivity contribution in [1.29, 1.82) is 0 Å². The van der Waals surface area contributed by atoms with Crippen molar-refractivity contribution in [2.75, 3.05) is 5.32 Å². The molecule has 0 aliphatic rings. The molecule has 6 heteroatoms. The predicted octanol–water partition coefficient (Wildman–Crippen LogP) is 4.26. The standard InChI is InChI=1S/C20H21N4OS/c1-4-16-10-17-19(22-12-23-20(17)26-16)21-11-15-9-18(24(3)25-15)14-7-5-13(2)6-8-14/h5-10,12H,4,11H2,1-3H3,(H,21,22,23)/q+1. The van der Waals surface area contributed by atoms with Crippen molar-refractivity contribution < 1.29 is 9.26 Å². The fourth-order valence-corrected chi connectivity index (χ4v) is 3.89. The number of aromatic nitrogens is 3. The first-order valence-electron chi connectivity index (χ1n) is 8.67. The van der Waals surface area contributed by atoms with Crippen molar-refractivity contribution in [3.05, 3.63) is 58.9 Å². The summed E-state index contributed by atoms with van der Waals surface area (Å²) in [6.45, 7) is 4.81. The smallest absolute Gasteiger partial charge is 0.261 e. The van der Waals surface area contributed by atoms with E-state index < -0.39 is 0 Å². The maximum atomic E-state index is 5.87. The summed E-state index contributed by atoms with van der Waals surface area (Å²) in [5.41, 5.74) is 3.44. The van der Waals surface area contributed by atoms with Gasteiger partial charge in [-0.3, -0.25) is 0 Å². The van der Waals surface area contributed by atoms with E-state index in [0.717, 1.165) is 39.5 Å². The number of rotatable bonds is 5. The third-order valence-corrected chi connectivity index (χ3v) is 5.58. The first-order chi connectivity index (χ1) is 12.6. The third-order valence-electron chi connectivity index (χ3n) is 4.40. The molecule has 26 heavy (non-hydrogen) atoms. The van der Waals surface area contributed by atoms with Crippen LogP contribution < -0.4 is 10.1 Å². The van der Waals surface area contributed by atoms with E-state index in [0.29, 0.717) is 6.54 Å². The van der Waals surface area contributed by atoms with E-state index in [-0.39, 0.29) is 0 Å². The van der Waals surface area contributed by atoms with Gasteiger partial charge in [-0.15, -0.1) is 11.3 Å². The van der Waals surface area contributed by atoms with E-state index >= 15 is 0 Å². The second kappa shape index (κ2) is 6.88. The van der Waals surface area contributed by atoms with Crippen LogP contribution >= 0.6 is 11.3 Å². The Morgan fingerprint density at radius 2 is 1.96 bits per heavy atom. The fourth-order valence-electron chi connectivity index (χ4n) is 2.96. The summed E-state index contributed by atoms with van der Waals surface area (Å²) in [4.78, 5) is 11.1. The third kappa shape index (κ3) is 3.20. The Balaban J connectivity index is 1.56. The lowest BCUT2D eigenvalue weighted by Gasteiger charge is -2.02. The lowest BCUT2D eigenvalue weighted by molar-refractivity contribution is -0.837. The number of thiophene rings is 1. The highest BCUT2D eigenvalue weighted by Gasteiger charge is 2.18. The number of aryl methyl sites for hydroxylation is 3. The minimum atomic E-state index is 0.573. The van der Waals surface area contributed by atoms with Gasteiger partial charge in [-0.1, -0.05) is 24.6 Å². The second-order valence-electron chi connectivity index (χ2n) is 6.31. The molecule has 1 N–H and O–H groups in total. The molecule has 3 aromatic heterocycles. The van der Waals surface area contributed by atoms with Gasteiger partial charge in [0.05, 0.1) is 23.6 Å². The van der Waals surface area contributed by atoms with Gasteiger partial charge in [0.25, 0.3) is 5.69 Å². The van der Waals surface area contributed by atoms with Crippen LogP contribution in [-0.4, -0.2) is 9.97 Å². The Morgan fingerprint density at radius 3 is 2.73 bits per heavy atom. The number of hydrogen-bond acceptors (Lipinski definition) is 5. The van der Waals surface area contributed by atoms with E-state index in [4.69, 9.17) is 4.52 Å². The Hall–Kier alpha value is -2.73.